The number of halogens is 2. The summed E-state index contributed by atoms with van der Waals surface area (Å²) in [7, 11) is 0. The minimum Gasteiger partial charge on any atom is -0.325 e. The van der Waals surface area contributed by atoms with Crippen LogP contribution in [0.1, 0.15) is 19.8 Å². The van der Waals surface area contributed by atoms with Gasteiger partial charge >= 0.3 is 0 Å². The van der Waals surface area contributed by atoms with E-state index in [-0.39, 0.29) is 17.3 Å². The third-order valence-electron chi connectivity index (χ3n) is 2.58. The van der Waals surface area contributed by atoms with Crippen molar-refractivity contribution in [3.63, 3.8) is 0 Å². The number of thioether (sulfide) groups is 2. The van der Waals surface area contributed by atoms with Crippen LogP contribution in [0.3, 0.4) is 0 Å². The lowest BCUT2D eigenvalue weighted by atomic mass is 10.3. The zero-order valence-electron chi connectivity index (χ0n) is 12.3. The molecule has 4 nitrogen and oxygen atoms in total. The number of carbonyl (C=O) groups excluding carboxylic acids is 1. The second-order valence-electron chi connectivity index (χ2n) is 4.53. The molecule has 1 amide bonds. The first-order chi connectivity index (χ1) is 11.1. The number of nitrogens with one attached hydrogen (secondary N) is 1. The van der Waals surface area contributed by atoms with Crippen molar-refractivity contribution < 1.29 is 13.6 Å². The number of carbonyl (C=O) groups is 1. The first-order valence-corrected chi connectivity index (χ1v) is 9.70. The van der Waals surface area contributed by atoms with Gasteiger partial charge in [0.15, 0.2) is 8.68 Å². The van der Waals surface area contributed by atoms with Crippen LogP contribution < -0.4 is 5.32 Å². The molecule has 0 atom stereocenters. The molecule has 1 aromatic heterocycles. The van der Waals surface area contributed by atoms with Crippen molar-refractivity contribution in [3.05, 3.63) is 29.8 Å². The lowest BCUT2D eigenvalue weighted by molar-refractivity contribution is -0.113. The average Bonchev–Trinajstić information content (AvgIpc) is 2.92. The van der Waals surface area contributed by atoms with Crippen molar-refractivity contribution in [2.75, 3.05) is 16.8 Å². The Morgan fingerprint density at radius 3 is 2.48 bits per heavy atom. The van der Waals surface area contributed by atoms with Crippen LogP contribution in [0.2, 0.25) is 0 Å². The summed E-state index contributed by atoms with van der Waals surface area (Å²) in [5, 5.41) is 10.5. The first-order valence-electron chi connectivity index (χ1n) is 6.92. The number of rotatable bonds is 8. The van der Waals surface area contributed by atoms with E-state index in [4.69, 9.17) is 0 Å². The molecule has 0 aliphatic carbocycles. The Balaban J connectivity index is 1.80. The summed E-state index contributed by atoms with van der Waals surface area (Å²) in [5.74, 6) is -0.708. The van der Waals surface area contributed by atoms with E-state index in [1.807, 2.05) is 0 Å². The van der Waals surface area contributed by atoms with E-state index >= 15 is 0 Å². The predicted octanol–water partition coefficient (Wildman–Crippen LogP) is 4.44. The average molecular weight is 375 g/mol. The molecule has 0 aliphatic rings. The minimum absolute atomic E-state index is 0.0983. The fourth-order valence-corrected chi connectivity index (χ4v) is 4.54. The van der Waals surface area contributed by atoms with Crippen LogP contribution in [0.25, 0.3) is 0 Å². The zero-order chi connectivity index (χ0) is 16.7. The number of unbranched alkanes of at least 4 members (excludes halogenated alkanes) is 1. The highest BCUT2D eigenvalue weighted by Crippen LogP contribution is 2.29. The Kier molecular flexibility index (Phi) is 7.25. The van der Waals surface area contributed by atoms with Crippen LogP contribution in [-0.2, 0) is 4.79 Å². The van der Waals surface area contributed by atoms with E-state index in [2.05, 4.69) is 22.4 Å². The summed E-state index contributed by atoms with van der Waals surface area (Å²) < 4.78 is 27.7. The van der Waals surface area contributed by atoms with Gasteiger partial charge in [0.25, 0.3) is 0 Å². The molecule has 1 N–H and O–H groups in total. The number of hydrogen-bond donors (Lipinski definition) is 1. The zero-order valence-corrected chi connectivity index (χ0v) is 14.8. The molecule has 1 heterocycles. The van der Waals surface area contributed by atoms with Gasteiger partial charge in [-0.15, -0.1) is 10.2 Å². The van der Waals surface area contributed by atoms with E-state index in [0.29, 0.717) is 4.34 Å². The molecule has 0 saturated heterocycles. The maximum atomic E-state index is 13.0. The molecule has 0 bridgehead atoms. The third-order valence-corrected chi connectivity index (χ3v) is 5.86. The van der Waals surface area contributed by atoms with Gasteiger partial charge in [0, 0.05) is 17.5 Å². The monoisotopic (exact) mass is 375 g/mol. The highest BCUT2D eigenvalue weighted by Gasteiger charge is 2.10. The molecule has 0 radical (unpaired) electrons. The van der Waals surface area contributed by atoms with Crippen molar-refractivity contribution in [3.8, 4) is 0 Å². The molecular weight excluding hydrogens is 360 g/mol. The van der Waals surface area contributed by atoms with Crippen molar-refractivity contribution in [1.82, 2.24) is 10.2 Å². The summed E-state index contributed by atoms with van der Waals surface area (Å²) in [5.41, 5.74) is 0.0983. The Morgan fingerprint density at radius 2 is 1.83 bits per heavy atom. The SMILES string of the molecule is CCCCSc1nnc(SCC(=O)Nc2cc(F)cc(F)c2)s1. The Bertz CT molecular complexity index is 646. The van der Waals surface area contributed by atoms with Crippen molar-refractivity contribution in [2.45, 2.75) is 28.4 Å². The molecule has 0 spiro atoms. The Labute approximate surface area is 145 Å². The number of benzene rings is 1. The van der Waals surface area contributed by atoms with Crippen molar-refractivity contribution in [1.29, 1.82) is 0 Å². The van der Waals surface area contributed by atoms with Gasteiger partial charge in [0.1, 0.15) is 11.6 Å². The molecule has 2 rings (SSSR count). The van der Waals surface area contributed by atoms with Crippen molar-refractivity contribution in [2.24, 2.45) is 0 Å². The second-order valence-corrected chi connectivity index (χ2v) is 8.07. The topological polar surface area (TPSA) is 54.9 Å². The van der Waals surface area contributed by atoms with E-state index < -0.39 is 11.6 Å². The first kappa shape index (κ1) is 18.2. The minimum atomic E-state index is -0.731. The standard InChI is InChI=1S/C14H15F2N3OS3/c1-2-3-4-21-13-18-19-14(23-13)22-8-12(20)17-11-6-9(15)5-10(16)7-11/h5-7H,2-4,8H2,1H3,(H,17,20). The molecular formula is C14H15F2N3OS3. The van der Waals surface area contributed by atoms with Crippen LogP contribution >= 0.6 is 34.9 Å². The third kappa shape index (κ3) is 6.44. The quantitative estimate of drug-likeness (QED) is 0.546. The highest BCUT2D eigenvalue weighted by atomic mass is 32.2. The number of anilines is 1. The molecule has 23 heavy (non-hydrogen) atoms. The summed E-state index contributed by atoms with van der Waals surface area (Å²) in [6.45, 7) is 2.13. The van der Waals surface area contributed by atoms with Gasteiger partial charge in [-0.2, -0.15) is 0 Å². The molecule has 0 saturated carbocycles. The molecule has 0 aliphatic heterocycles. The molecule has 9 heteroatoms. The van der Waals surface area contributed by atoms with E-state index in [1.54, 1.807) is 11.8 Å². The van der Waals surface area contributed by atoms with Crippen LogP contribution in [0.4, 0.5) is 14.5 Å². The molecule has 0 unspecified atom stereocenters. The van der Waals surface area contributed by atoms with Gasteiger partial charge in [-0.25, -0.2) is 8.78 Å². The van der Waals surface area contributed by atoms with E-state index in [0.717, 1.165) is 41.1 Å². The van der Waals surface area contributed by atoms with Gasteiger partial charge < -0.3 is 5.32 Å². The fourth-order valence-electron chi connectivity index (χ4n) is 1.57. The maximum Gasteiger partial charge on any atom is 0.234 e. The molecule has 1 aromatic carbocycles. The lowest BCUT2D eigenvalue weighted by Gasteiger charge is -2.04. The summed E-state index contributed by atoms with van der Waals surface area (Å²) >= 11 is 4.34. The van der Waals surface area contributed by atoms with E-state index in [9.17, 15) is 13.6 Å². The van der Waals surface area contributed by atoms with Crippen LogP contribution in [-0.4, -0.2) is 27.6 Å². The van der Waals surface area contributed by atoms with Gasteiger partial charge in [0.2, 0.25) is 5.91 Å². The highest BCUT2D eigenvalue weighted by molar-refractivity contribution is 8.03. The van der Waals surface area contributed by atoms with Gasteiger partial charge in [-0.3, -0.25) is 4.79 Å². The molecule has 0 fully saturated rings. The number of amides is 1. The second kappa shape index (κ2) is 9.19. The largest absolute Gasteiger partial charge is 0.325 e. The van der Waals surface area contributed by atoms with Crippen LogP contribution in [0.5, 0.6) is 0 Å². The predicted molar refractivity (Wildman–Crippen MR) is 91.3 cm³/mol. The van der Waals surface area contributed by atoms with Gasteiger partial charge in [0.05, 0.1) is 5.75 Å². The molecule has 124 valence electrons. The van der Waals surface area contributed by atoms with Gasteiger partial charge in [-0.05, 0) is 18.6 Å². The molecule has 2 aromatic rings. The summed E-state index contributed by atoms with van der Waals surface area (Å²) in [6.07, 6.45) is 2.26. The summed E-state index contributed by atoms with van der Waals surface area (Å²) in [6, 6.07) is 2.89. The number of nitrogens with zero attached hydrogens (tertiary/aromatic N) is 2. The number of hydrogen-bond acceptors (Lipinski definition) is 6. The van der Waals surface area contributed by atoms with Crippen LogP contribution in [0.15, 0.2) is 26.9 Å². The lowest BCUT2D eigenvalue weighted by Crippen LogP contribution is -2.14. The normalized spacial score (nSPS) is 10.7. The number of aromatic nitrogens is 2. The Hall–Kier alpha value is -1.19. The smallest absolute Gasteiger partial charge is 0.234 e. The Morgan fingerprint density at radius 1 is 1.17 bits per heavy atom. The van der Waals surface area contributed by atoms with Crippen LogP contribution in [0, 0.1) is 11.6 Å². The van der Waals surface area contributed by atoms with Crippen molar-refractivity contribution >= 4 is 46.5 Å². The van der Waals surface area contributed by atoms with Gasteiger partial charge in [-0.1, -0.05) is 48.2 Å². The maximum absolute atomic E-state index is 13.0. The van der Waals surface area contributed by atoms with E-state index in [1.165, 1.54) is 23.1 Å². The fraction of sp³-hybridized carbons (Fsp3) is 0.357. The summed E-state index contributed by atoms with van der Waals surface area (Å²) in [4.78, 5) is 11.8.